The Morgan fingerprint density at radius 1 is 1.19 bits per heavy atom. The van der Waals surface area contributed by atoms with Crippen molar-refractivity contribution < 1.29 is 25.1 Å². The molecule has 1 aromatic carbocycles. The van der Waals surface area contributed by atoms with E-state index in [1.165, 1.54) is 5.32 Å². The Labute approximate surface area is 92.7 Å². The summed E-state index contributed by atoms with van der Waals surface area (Å²) in [5.41, 5.74) is 0.825. The van der Waals surface area contributed by atoms with Gasteiger partial charge in [-0.2, -0.15) is 0 Å². The van der Waals surface area contributed by atoms with Gasteiger partial charge >= 0.3 is 0 Å². The SMILES string of the molecule is O=C([O-])C[NH2+][C@H](Cc1ccccc1)C(=O)[O-]. The van der Waals surface area contributed by atoms with Gasteiger partial charge in [0, 0.05) is 6.42 Å². The van der Waals surface area contributed by atoms with Gasteiger partial charge in [-0.05, 0) is 5.56 Å². The molecule has 5 nitrogen and oxygen atoms in total. The van der Waals surface area contributed by atoms with E-state index >= 15 is 0 Å². The molecule has 0 bridgehead atoms. The Morgan fingerprint density at radius 3 is 2.31 bits per heavy atom. The van der Waals surface area contributed by atoms with Crippen molar-refractivity contribution in [2.45, 2.75) is 12.5 Å². The standard InChI is InChI=1S/C11H13NO4/c13-10(14)7-12-9(11(15)16)6-8-4-2-1-3-5-8/h1-5,9,12H,6-7H2,(H,13,14)(H,15,16)/p-1/t9-/m1/s1. The van der Waals surface area contributed by atoms with Crippen molar-refractivity contribution in [3.05, 3.63) is 35.9 Å². The normalized spacial score (nSPS) is 12.0. The zero-order chi connectivity index (χ0) is 12.0. The van der Waals surface area contributed by atoms with Gasteiger partial charge in [0.05, 0.1) is 11.9 Å². The van der Waals surface area contributed by atoms with Crippen molar-refractivity contribution in [1.29, 1.82) is 0 Å². The molecule has 0 spiro atoms. The first-order valence-corrected chi connectivity index (χ1v) is 4.87. The van der Waals surface area contributed by atoms with Crippen molar-refractivity contribution in [2.75, 3.05) is 6.54 Å². The predicted molar refractivity (Wildman–Crippen MR) is 50.7 cm³/mol. The first-order valence-electron chi connectivity index (χ1n) is 4.87. The molecular weight excluding hydrogens is 210 g/mol. The van der Waals surface area contributed by atoms with Crippen molar-refractivity contribution in [3.8, 4) is 0 Å². The number of quaternary nitrogens is 1. The largest absolute Gasteiger partial charge is 0.544 e. The average Bonchev–Trinajstić information content (AvgIpc) is 2.25. The summed E-state index contributed by atoms with van der Waals surface area (Å²) in [4.78, 5) is 21.0. The van der Waals surface area contributed by atoms with Gasteiger partial charge < -0.3 is 25.1 Å². The number of aliphatic carboxylic acids is 2. The van der Waals surface area contributed by atoms with Crippen LogP contribution >= 0.6 is 0 Å². The molecule has 5 heteroatoms. The molecule has 1 aromatic rings. The van der Waals surface area contributed by atoms with Crippen LogP contribution in [0.2, 0.25) is 0 Å². The first-order chi connectivity index (χ1) is 7.59. The van der Waals surface area contributed by atoms with Gasteiger partial charge in [-0.25, -0.2) is 0 Å². The van der Waals surface area contributed by atoms with E-state index < -0.39 is 18.0 Å². The molecule has 0 amide bonds. The Morgan fingerprint density at radius 2 is 1.81 bits per heavy atom. The van der Waals surface area contributed by atoms with Gasteiger partial charge in [0.15, 0.2) is 0 Å². The number of benzene rings is 1. The molecule has 1 atom stereocenters. The second-order valence-electron chi connectivity index (χ2n) is 3.43. The number of hydrogen-bond donors (Lipinski definition) is 1. The molecule has 0 radical (unpaired) electrons. The third-order valence-electron chi connectivity index (χ3n) is 2.17. The zero-order valence-electron chi connectivity index (χ0n) is 8.59. The summed E-state index contributed by atoms with van der Waals surface area (Å²) in [6.45, 7) is -0.383. The molecule has 86 valence electrons. The van der Waals surface area contributed by atoms with E-state index in [4.69, 9.17) is 0 Å². The molecule has 0 aromatic heterocycles. The summed E-state index contributed by atoms with van der Waals surface area (Å²) in [5, 5.41) is 22.2. The van der Waals surface area contributed by atoms with E-state index in [0.29, 0.717) is 0 Å². The quantitative estimate of drug-likeness (QED) is 0.544. The molecule has 0 aliphatic carbocycles. The fourth-order valence-corrected chi connectivity index (χ4v) is 1.37. The van der Waals surface area contributed by atoms with E-state index in [-0.39, 0.29) is 13.0 Å². The lowest BCUT2D eigenvalue weighted by Gasteiger charge is -2.16. The van der Waals surface area contributed by atoms with Gasteiger partial charge in [-0.3, -0.25) is 0 Å². The van der Waals surface area contributed by atoms with E-state index in [2.05, 4.69) is 0 Å². The van der Waals surface area contributed by atoms with E-state index in [1.54, 1.807) is 24.3 Å². The van der Waals surface area contributed by atoms with Crippen molar-refractivity contribution in [1.82, 2.24) is 0 Å². The predicted octanol–water partition coefficient (Wildman–Crippen LogP) is -3.34. The topological polar surface area (TPSA) is 96.9 Å². The fraction of sp³-hybridized carbons (Fsp3) is 0.273. The highest BCUT2D eigenvalue weighted by molar-refractivity contribution is 5.70. The third-order valence-corrected chi connectivity index (χ3v) is 2.17. The monoisotopic (exact) mass is 222 g/mol. The first kappa shape index (κ1) is 12.2. The summed E-state index contributed by atoms with van der Waals surface area (Å²) in [6.07, 6.45) is 0.233. The van der Waals surface area contributed by atoms with Gasteiger partial charge in [0.2, 0.25) is 0 Å². The average molecular weight is 222 g/mol. The maximum Gasteiger partial charge on any atom is 0.130 e. The van der Waals surface area contributed by atoms with Crippen LogP contribution in [0.4, 0.5) is 0 Å². The molecule has 0 aliphatic heterocycles. The molecule has 0 saturated carbocycles. The lowest BCUT2D eigenvalue weighted by atomic mass is 10.1. The molecule has 0 fully saturated rings. The summed E-state index contributed by atoms with van der Waals surface area (Å²) >= 11 is 0. The Balaban J connectivity index is 2.58. The van der Waals surface area contributed by atoms with E-state index in [9.17, 15) is 19.8 Å². The van der Waals surface area contributed by atoms with Crippen LogP contribution in [0.1, 0.15) is 5.56 Å². The van der Waals surface area contributed by atoms with Crippen LogP contribution in [0.15, 0.2) is 30.3 Å². The molecule has 0 saturated heterocycles. The molecule has 0 heterocycles. The highest BCUT2D eigenvalue weighted by Gasteiger charge is 2.13. The molecule has 0 aliphatic rings. The van der Waals surface area contributed by atoms with Crippen LogP contribution in [0.5, 0.6) is 0 Å². The summed E-state index contributed by atoms with van der Waals surface area (Å²) in [5.74, 6) is -2.57. The number of carbonyl (C=O) groups is 2. The van der Waals surface area contributed by atoms with Crippen molar-refractivity contribution >= 4 is 11.9 Å². The molecule has 16 heavy (non-hydrogen) atoms. The van der Waals surface area contributed by atoms with Crippen LogP contribution in [0.3, 0.4) is 0 Å². The van der Waals surface area contributed by atoms with Crippen molar-refractivity contribution in [3.63, 3.8) is 0 Å². The number of rotatable bonds is 6. The lowest BCUT2D eigenvalue weighted by molar-refractivity contribution is -0.678. The second kappa shape index (κ2) is 5.87. The Hall–Kier alpha value is -1.88. The Kier molecular flexibility index (Phi) is 4.47. The number of carboxylic acids is 2. The van der Waals surface area contributed by atoms with E-state index in [0.717, 1.165) is 5.56 Å². The third kappa shape index (κ3) is 4.10. The van der Waals surface area contributed by atoms with Crippen LogP contribution in [-0.2, 0) is 16.0 Å². The zero-order valence-corrected chi connectivity index (χ0v) is 8.59. The number of nitrogens with two attached hydrogens (primary N) is 1. The minimum absolute atomic E-state index is 0.233. The number of carboxylic acid groups (broad SMARTS) is 2. The smallest absolute Gasteiger partial charge is 0.130 e. The van der Waals surface area contributed by atoms with Gasteiger partial charge in [0.25, 0.3) is 0 Å². The highest BCUT2D eigenvalue weighted by Crippen LogP contribution is 2.00. The minimum atomic E-state index is -1.29. The Bertz CT molecular complexity index is 364. The summed E-state index contributed by atoms with van der Waals surface area (Å²) in [6, 6.07) is 8.06. The van der Waals surface area contributed by atoms with Gasteiger partial charge in [0.1, 0.15) is 12.6 Å². The second-order valence-corrected chi connectivity index (χ2v) is 3.43. The minimum Gasteiger partial charge on any atom is -0.544 e. The lowest BCUT2D eigenvalue weighted by Crippen LogP contribution is -2.95. The highest BCUT2D eigenvalue weighted by atomic mass is 16.4. The summed E-state index contributed by atoms with van der Waals surface area (Å²) < 4.78 is 0. The van der Waals surface area contributed by atoms with Crippen molar-refractivity contribution in [2.24, 2.45) is 0 Å². The number of carbonyl (C=O) groups excluding carboxylic acids is 2. The van der Waals surface area contributed by atoms with Crippen LogP contribution < -0.4 is 15.5 Å². The fourth-order valence-electron chi connectivity index (χ4n) is 1.37. The molecule has 0 unspecified atom stereocenters. The van der Waals surface area contributed by atoms with Crippen LogP contribution in [0, 0.1) is 0 Å². The van der Waals surface area contributed by atoms with Gasteiger partial charge in [-0.1, -0.05) is 30.3 Å². The van der Waals surface area contributed by atoms with E-state index in [1.807, 2.05) is 6.07 Å². The van der Waals surface area contributed by atoms with Gasteiger partial charge in [-0.15, -0.1) is 0 Å². The van der Waals surface area contributed by atoms with Crippen LogP contribution in [-0.4, -0.2) is 24.5 Å². The maximum absolute atomic E-state index is 10.8. The molecule has 2 N–H and O–H groups in total. The van der Waals surface area contributed by atoms with Crippen LogP contribution in [0.25, 0.3) is 0 Å². The summed E-state index contributed by atoms with van der Waals surface area (Å²) in [7, 11) is 0. The molecular formula is C11H12NO4-. The maximum atomic E-state index is 10.8. The molecule has 1 rings (SSSR count). The number of hydrogen-bond acceptors (Lipinski definition) is 4.